The fourth-order valence-corrected chi connectivity index (χ4v) is 1.40. The predicted octanol–water partition coefficient (Wildman–Crippen LogP) is -4.22. The largest absolute Gasteiger partial charge is 0.884 e. The topological polar surface area (TPSA) is 119 Å². The Morgan fingerprint density at radius 3 is 2.08 bits per heavy atom. The van der Waals surface area contributed by atoms with Crippen LogP contribution in [0.3, 0.4) is 0 Å². The zero-order chi connectivity index (χ0) is 17.2. The van der Waals surface area contributed by atoms with E-state index >= 15 is 0 Å². The molecule has 0 unspecified atom stereocenters. The van der Waals surface area contributed by atoms with E-state index < -0.39 is 5.95 Å². The molecule has 1 aromatic carbocycles. The van der Waals surface area contributed by atoms with Crippen LogP contribution in [0.2, 0.25) is 0 Å². The number of hydrazone groups is 1. The van der Waals surface area contributed by atoms with Crippen LogP contribution in [0.15, 0.2) is 39.6 Å². The quantitative estimate of drug-likeness (QED) is 0.0879. The molecule has 1 rings (SSSR count). The van der Waals surface area contributed by atoms with E-state index in [2.05, 4.69) is 55.8 Å². The van der Waals surface area contributed by atoms with Crippen LogP contribution in [0.1, 0.15) is 0 Å². The second-order valence-electron chi connectivity index (χ2n) is 3.99. The zero-order valence-corrected chi connectivity index (χ0v) is 15.5. The van der Waals surface area contributed by atoms with Gasteiger partial charge < -0.3 is 10.2 Å². The molecule has 0 aromatic heterocycles. The summed E-state index contributed by atoms with van der Waals surface area (Å²) in [5.41, 5.74) is 3.03. The SMILES string of the molecule is CNC(=[SH+])N=NC(C=NNC(=[SH+])NC)=c1ccc(=C([O-])[O-])cc1.[Cu]. The molecule has 0 saturated carbocycles. The van der Waals surface area contributed by atoms with Crippen molar-refractivity contribution < 1.29 is 27.3 Å². The third-order valence-corrected chi connectivity index (χ3v) is 3.12. The summed E-state index contributed by atoms with van der Waals surface area (Å²) in [6.45, 7) is 0. The van der Waals surface area contributed by atoms with E-state index in [1.807, 2.05) is 0 Å². The Morgan fingerprint density at radius 2 is 1.58 bits per heavy atom. The molecule has 24 heavy (non-hydrogen) atoms. The summed E-state index contributed by atoms with van der Waals surface area (Å²) in [6.07, 6.45) is 1.42. The Labute approximate surface area is 159 Å². The molecule has 3 N–H and O–H groups in total. The zero-order valence-electron chi connectivity index (χ0n) is 12.7. The average molecular weight is 416 g/mol. The van der Waals surface area contributed by atoms with Crippen molar-refractivity contribution in [3.05, 3.63) is 34.7 Å². The van der Waals surface area contributed by atoms with Crippen LogP contribution in [0.25, 0.3) is 11.6 Å². The molecular formula is C13H16CuN6O2S2. The molecular weight excluding hydrogens is 400 g/mol. The fourth-order valence-electron chi connectivity index (χ4n) is 1.30. The second kappa shape index (κ2) is 11.7. The predicted molar refractivity (Wildman–Crippen MR) is 94.6 cm³/mol. The maximum atomic E-state index is 10.8. The van der Waals surface area contributed by atoms with Crippen molar-refractivity contribution in [2.45, 2.75) is 0 Å². The van der Waals surface area contributed by atoms with Gasteiger partial charge in [0.2, 0.25) is 24.4 Å². The van der Waals surface area contributed by atoms with Crippen LogP contribution in [-0.2, 0) is 41.5 Å². The van der Waals surface area contributed by atoms with Crippen molar-refractivity contribution in [1.29, 1.82) is 0 Å². The van der Waals surface area contributed by atoms with Gasteiger partial charge in [0.05, 0.1) is 6.21 Å². The minimum atomic E-state index is -1.25. The first-order valence-corrected chi connectivity index (χ1v) is 7.24. The number of azo groups is 1. The molecule has 0 aliphatic carbocycles. The summed E-state index contributed by atoms with van der Waals surface area (Å²) < 4.78 is 0. The van der Waals surface area contributed by atoms with Crippen molar-refractivity contribution in [2.24, 2.45) is 15.3 Å². The molecule has 8 nitrogen and oxygen atoms in total. The Balaban J connectivity index is 0.00000529. The van der Waals surface area contributed by atoms with Gasteiger partial charge in [-0.3, -0.25) is 0 Å². The molecule has 0 fully saturated rings. The Kier molecular flexibility index (Phi) is 10.9. The van der Waals surface area contributed by atoms with Crippen LogP contribution in [-0.4, -0.2) is 30.5 Å². The number of hydrogen-bond donors (Lipinski definition) is 3. The summed E-state index contributed by atoms with van der Waals surface area (Å²) in [7, 11) is 3.34. The molecule has 0 bridgehead atoms. The van der Waals surface area contributed by atoms with Gasteiger partial charge in [-0.25, -0.2) is 16.1 Å². The number of thiol groups is 2. The van der Waals surface area contributed by atoms with Gasteiger partial charge in [0.1, 0.15) is 5.70 Å². The summed E-state index contributed by atoms with van der Waals surface area (Å²) >= 11 is 8.13. The summed E-state index contributed by atoms with van der Waals surface area (Å²) in [4.78, 5) is 0. The van der Waals surface area contributed by atoms with Gasteiger partial charge >= 0.3 is 10.2 Å². The fraction of sp³-hybridized carbons (Fsp3) is 0.154. The Bertz CT molecular complexity index is 739. The molecule has 0 saturated heterocycles. The van der Waals surface area contributed by atoms with Crippen LogP contribution < -0.4 is 36.7 Å². The molecule has 0 atom stereocenters. The van der Waals surface area contributed by atoms with E-state index in [1.165, 1.54) is 18.3 Å². The van der Waals surface area contributed by atoms with Gasteiger partial charge in [0.25, 0.3) is 0 Å². The Morgan fingerprint density at radius 1 is 1.00 bits per heavy atom. The van der Waals surface area contributed by atoms with Gasteiger partial charge in [-0.15, -0.1) is 5.11 Å². The summed E-state index contributed by atoms with van der Waals surface area (Å²) in [6, 6.07) is 5.97. The van der Waals surface area contributed by atoms with Gasteiger partial charge in [0.15, 0.2) is 0 Å². The third kappa shape index (κ3) is 7.68. The minimum absolute atomic E-state index is 0. The number of hydrogen-bond acceptors (Lipinski definition) is 4. The van der Waals surface area contributed by atoms with E-state index in [4.69, 9.17) is 0 Å². The molecule has 0 aliphatic rings. The van der Waals surface area contributed by atoms with Crippen molar-refractivity contribution in [2.75, 3.05) is 14.1 Å². The van der Waals surface area contributed by atoms with Gasteiger partial charge in [-0.05, 0) is 19.3 Å². The molecule has 133 valence electrons. The smallest absolute Gasteiger partial charge is 0.383 e. The maximum absolute atomic E-state index is 10.8. The van der Waals surface area contributed by atoms with Crippen LogP contribution in [0.4, 0.5) is 0 Å². The van der Waals surface area contributed by atoms with Gasteiger partial charge in [-0.2, -0.15) is 11.0 Å². The van der Waals surface area contributed by atoms with E-state index in [0.29, 0.717) is 21.1 Å². The molecule has 0 spiro atoms. The molecule has 1 radical (unpaired) electrons. The van der Waals surface area contributed by atoms with E-state index in [-0.39, 0.29) is 22.3 Å². The van der Waals surface area contributed by atoms with Gasteiger partial charge in [-0.1, -0.05) is 29.4 Å². The molecule has 0 amide bonds. The maximum Gasteiger partial charge on any atom is 0.383 e. The van der Waals surface area contributed by atoms with Crippen molar-refractivity contribution in [3.8, 4) is 0 Å². The van der Waals surface area contributed by atoms with Gasteiger partial charge in [0, 0.05) is 22.3 Å². The normalized spacial score (nSPS) is 10.4. The van der Waals surface area contributed by atoms with Crippen LogP contribution >= 0.6 is 0 Å². The first-order valence-electron chi connectivity index (χ1n) is 6.34. The first-order chi connectivity index (χ1) is 11.0. The minimum Gasteiger partial charge on any atom is -0.884 e. The molecule has 0 heterocycles. The van der Waals surface area contributed by atoms with Crippen LogP contribution in [0.5, 0.6) is 0 Å². The molecule has 0 aliphatic heterocycles. The van der Waals surface area contributed by atoms with Crippen molar-refractivity contribution in [3.63, 3.8) is 0 Å². The first kappa shape index (κ1) is 22.2. The standard InChI is InChI=1S/C13H16N6O2S2.Cu/c1-14-12(22)18-16-7-10(17-19-13(23)15-2)8-3-5-9(6-4-8)11(20)21;/h3-7,20-21H,1-2H3,(H,15,23)(H2,14,18,22);. The number of rotatable bonds is 3. The number of benzene rings is 1. The second-order valence-corrected chi connectivity index (χ2v) is 4.86. The summed E-state index contributed by atoms with van der Waals surface area (Å²) in [5, 5.41) is 40.3. The molecule has 1 aromatic rings. The monoisotopic (exact) mass is 415 g/mol. The summed E-state index contributed by atoms with van der Waals surface area (Å²) in [5.74, 6) is -1.25. The average Bonchev–Trinajstić information content (AvgIpc) is 2.57. The van der Waals surface area contributed by atoms with E-state index in [1.54, 1.807) is 26.2 Å². The van der Waals surface area contributed by atoms with Crippen molar-refractivity contribution in [1.82, 2.24) is 16.1 Å². The van der Waals surface area contributed by atoms with E-state index in [9.17, 15) is 10.2 Å². The molecule has 11 heteroatoms. The van der Waals surface area contributed by atoms with Crippen LogP contribution in [0, 0.1) is 0 Å². The van der Waals surface area contributed by atoms with E-state index in [0.717, 1.165) is 0 Å². The number of nitrogens with one attached hydrogen (secondary N) is 3. The Hall–Kier alpha value is -1.75. The van der Waals surface area contributed by atoms with Crippen molar-refractivity contribution >= 4 is 52.5 Å². The number of nitrogens with zero attached hydrogens (tertiary/aromatic N) is 3. The third-order valence-electron chi connectivity index (χ3n) is 2.49.